The van der Waals surface area contributed by atoms with Gasteiger partial charge in [-0.15, -0.1) is 5.92 Å². The Balaban J connectivity index is 2.09. The molecule has 0 saturated carbocycles. The molecule has 3 nitrogen and oxygen atoms in total. The smallest absolute Gasteiger partial charge is 0.190 e. The van der Waals surface area contributed by atoms with Crippen LogP contribution in [0.2, 0.25) is 0 Å². The summed E-state index contributed by atoms with van der Waals surface area (Å²) < 4.78 is 12.6. The highest BCUT2D eigenvalue weighted by atomic mass is 32.2. The highest BCUT2D eigenvalue weighted by Gasteiger charge is 2.11. The van der Waals surface area contributed by atoms with Crippen LogP contribution in [-0.4, -0.2) is 18.3 Å². The predicted octanol–water partition coefficient (Wildman–Crippen LogP) is 11.1. The van der Waals surface area contributed by atoms with E-state index in [9.17, 15) is 4.79 Å². The molecule has 0 saturated heterocycles. The van der Waals surface area contributed by atoms with Gasteiger partial charge < -0.3 is 9.47 Å². The predicted molar refractivity (Wildman–Crippen MR) is 184 cm³/mol. The summed E-state index contributed by atoms with van der Waals surface area (Å²) in [6.07, 6.45) is 20.2. The number of rotatable bonds is 21. The summed E-state index contributed by atoms with van der Waals surface area (Å²) in [6, 6.07) is 11.8. The van der Waals surface area contributed by atoms with E-state index in [1.54, 1.807) is 6.92 Å². The van der Waals surface area contributed by atoms with Gasteiger partial charge in [0.1, 0.15) is 11.5 Å². The molecule has 0 heterocycles. The maximum absolute atomic E-state index is 11.4. The Morgan fingerprint density at radius 2 is 1.07 bits per heavy atom. The van der Waals surface area contributed by atoms with Gasteiger partial charge in [-0.1, -0.05) is 133 Å². The molecule has 0 atom stereocenters. The summed E-state index contributed by atoms with van der Waals surface area (Å²) in [5.74, 6) is 14.4. The van der Waals surface area contributed by atoms with Crippen molar-refractivity contribution in [1.82, 2.24) is 0 Å². The van der Waals surface area contributed by atoms with E-state index in [0.29, 0.717) is 13.2 Å². The minimum Gasteiger partial charge on any atom is -0.492 e. The molecule has 0 N–H and O–H groups in total. The van der Waals surface area contributed by atoms with Crippen LogP contribution < -0.4 is 9.47 Å². The fraction of sp³-hybridized carbons (Fsp3) is 0.564. The quantitative estimate of drug-likeness (QED) is 0.0809. The molecule has 234 valence electrons. The molecule has 0 aliphatic rings. The Bertz CT molecular complexity index is 1180. The van der Waals surface area contributed by atoms with Crippen molar-refractivity contribution in [3.8, 4) is 35.2 Å². The van der Waals surface area contributed by atoms with Crippen LogP contribution in [-0.2, 0) is 4.79 Å². The summed E-state index contributed by atoms with van der Waals surface area (Å²) in [6.45, 7) is 9.29. The van der Waals surface area contributed by atoms with Crippen molar-refractivity contribution in [2.75, 3.05) is 13.2 Å². The summed E-state index contributed by atoms with van der Waals surface area (Å²) >= 11 is 1.23. The average molecular weight is 603 g/mol. The molecule has 43 heavy (non-hydrogen) atoms. The van der Waals surface area contributed by atoms with E-state index in [-0.39, 0.29) is 5.12 Å². The number of carbonyl (C=O) groups is 1. The van der Waals surface area contributed by atoms with Crippen LogP contribution in [0.1, 0.15) is 147 Å². The van der Waals surface area contributed by atoms with Crippen molar-refractivity contribution in [2.24, 2.45) is 0 Å². The van der Waals surface area contributed by atoms with Crippen LogP contribution in [0.3, 0.4) is 0 Å². The molecule has 0 aliphatic carbocycles. The minimum atomic E-state index is 0.0758. The number of thioether (sulfide) groups is 1. The lowest BCUT2D eigenvalue weighted by Gasteiger charge is -2.14. The van der Waals surface area contributed by atoms with Crippen molar-refractivity contribution in [2.45, 2.75) is 135 Å². The van der Waals surface area contributed by atoms with Crippen molar-refractivity contribution < 1.29 is 14.3 Å². The van der Waals surface area contributed by atoms with Gasteiger partial charge in [-0.25, -0.2) is 0 Å². The van der Waals surface area contributed by atoms with Gasteiger partial charge in [-0.2, -0.15) is 0 Å². The molecule has 4 heteroatoms. The Morgan fingerprint density at radius 3 is 1.51 bits per heavy atom. The van der Waals surface area contributed by atoms with Crippen LogP contribution in [0.15, 0.2) is 41.3 Å². The van der Waals surface area contributed by atoms with E-state index >= 15 is 0 Å². The molecule has 0 aliphatic heterocycles. The molecule has 0 radical (unpaired) electrons. The highest BCUT2D eigenvalue weighted by molar-refractivity contribution is 8.13. The third-order valence-electron chi connectivity index (χ3n) is 7.31. The molecule has 2 aromatic carbocycles. The zero-order valence-electron chi connectivity index (χ0n) is 27.3. The van der Waals surface area contributed by atoms with Gasteiger partial charge in [0.25, 0.3) is 0 Å². The number of unbranched alkanes of at least 4 members (excludes halogenated alkanes) is 14. The first kappa shape index (κ1) is 36.4. The fourth-order valence-electron chi connectivity index (χ4n) is 4.88. The van der Waals surface area contributed by atoms with E-state index in [2.05, 4.69) is 37.5 Å². The molecule has 0 unspecified atom stereocenters. The summed E-state index contributed by atoms with van der Waals surface area (Å²) in [5.41, 5.74) is 2.55. The third-order valence-corrected chi connectivity index (χ3v) is 8.11. The second-order valence-electron chi connectivity index (χ2n) is 11.2. The van der Waals surface area contributed by atoms with Crippen molar-refractivity contribution in [1.29, 1.82) is 0 Å². The number of hydrogen-bond donors (Lipinski definition) is 0. The third kappa shape index (κ3) is 16.6. The van der Waals surface area contributed by atoms with Gasteiger partial charge in [0.05, 0.1) is 24.3 Å². The lowest BCUT2D eigenvalue weighted by Crippen LogP contribution is -2.03. The SMILES string of the molecule is CC#Cc1cc(OCCCCCCCCCC)c(C#Cc2ccc(SC(C)=O)cc2)cc1OCCCCCCCCCC. The molecule has 0 fully saturated rings. The molecular formula is C39H54O3S. The second-order valence-corrected chi connectivity index (χ2v) is 12.5. The van der Waals surface area contributed by atoms with Crippen molar-refractivity contribution >= 4 is 16.9 Å². The summed E-state index contributed by atoms with van der Waals surface area (Å²) in [4.78, 5) is 12.3. The Hall–Kier alpha value is -2.82. The van der Waals surface area contributed by atoms with Crippen LogP contribution in [0.25, 0.3) is 0 Å². The van der Waals surface area contributed by atoms with Gasteiger partial charge in [-0.05, 0) is 44.0 Å². The Morgan fingerprint density at radius 1 is 0.628 bits per heavy atom. The van der Waals surface area contributed by atoms with E-state index in [1.807, 2.05) is 43.3 Å². The Labute approximate surface area is 267 Å². The maximum atomic E-state index is 11.4. The van der Waals surface area contributed by atoms with Crippen molar-refractivity contribution in [3.63, 3.8) is 0 Å². The molecule has 2 aromatic rings. The van der Waals surface area contributed by atoms with Crippen LogP contribution in [0.5, 0.6) is 11.5 Å². The molecule has 2 rings (SSSR count). The van der Waals surface area contributed by atoms with Gasteiger partial charge in [0.2, 0.25) is 0 Å². The first-order valence-electron chi connectivity index (χ1n) is 16.7. The second kappa shape index (κ2) is 23.6. The lowest BCUT2D eigenvalue weighted by molar-refractivity contribution is -0.109. The normalized spacial score (nSPS) is 10.4. The van der Waals surface area contributed by atoms with Gasteiger partial charge in [-0.3, -0.25) is 4.79 Å². The molecule has 0 aromatic heterocycles. The van der Waals surface area contributed by atoms with E-state index in [0.717, 1.165) is 45.9 Å². The van der Waals surface area contributed by atoms with Gasteiger partial charge in [0.15, 0.2) is 5.12 Å². The van der Waals surface area contributed by atoms with E-state index < -0.39 is 0 Å². The molecule has 0 spiro atoms. The van der Waals surface area contributed by atoms with Crippen LogP contribution >= 0.6 is 11.8 Å². The number of benzene rings is 2. The van der Waals surface area contributed by atoms with Gasteiger partial charge >= 0.3 is 0 Å². The van der Waals surface area contributed by atoms with Crippen LogP contribution in [0, 0.1) is 23.7 Å². The Kier molecular flexibility index (Phi) is 20.0. The topological polar surface area (TPSA) is 35.5 Å². The molecule has 0 amide bonds. The largest absolute Gasteiger partial charge is 0.492 e. The number of hydrogen-bond acceptors (Lipinski definition) is 4. The molecular weight excluding hydrogens is 548 g/mol. The fourth-order valence-corrected chi connectivity index (χ4v) is 5.48. The zero-order valence-corrected chi connectivity index (χ0v) is 28.1. The first-order valence-corrected chi connectivity index (χ1v) is 17.6. The summed E-state index contributed by atoms with van der Waals surface area (Å²) in [5, 5.41) is 0.0758. The zero-order chi connectivity index (χ0) is 31.0. The van der Waals surface area contributed by atoms with E-state index in [4.69, 9.17) is 9.47 Å². The van der Waals surface area contributed by atoms with Crippen LogP contribution in [0.4, 0.5) is 0 Å². The lowest BCUT2D eigenvalue weighted by atomic mass is 10.1. The number of ether oxygens (including phenoxy) is 2. The average Bonchev–Trinajstić information content (AvgIpc) is 3.00. The first-order chi connectivity index (χ1) is 21.1. The standard InChI is InChI=1S/C39H54O3S/c1-5-8-10-12-14-16-18-20-29-41-38-32-36(26-23-34-24-27-37(28-25-34)43-33(4)40)39(31-35(38)22-7-3)42-30-21-19-17-15-13-11-9-6-2/h24-25,27-28,31-32H,5-6,8-21,29-30H2,1-4H3. The molecule has 0 bridgehead atoms. The van der Waals surface area contributed by atoms with Crippen molar-refractivity contribution in [3.05, 3.63) is 53.1 Å². The highest BCUT2D eigenvalue weighted by Crippen LogP contribution is 2.29. The monoisotopic (exact) mass is 602 g/mol. The summed E-state index contributed by atoms with van der Waals surface area (Å²) in [7, 11) is 0. The number of carbonyl (C=O) groups excluding carboxylic acids is 1. The minimum absolute atomic E-state index is 0.0758. The van der Waals surface area contributed by atoms with E-state index in [1.165, 1.54) is 102 Å². The van der Waals surface area contributed by atoms with Gasteiger partial charge in [0, 0.05) is 29.5 Å². The maximum Gasteiger partial charge on any atom is 0.190 e.